The van der Waals surface area contributed by atoms with Gasteiger partial charge in [-0.15, -0.1) is 0 Å². The fourth-order valence-corrected chi connectivity index (χ4v) is 3.34. The number of anilines is 2. The van der Waals surface area contributed by atoms with Gasteiger partial charge in [-0.25, -0.2) is 0 Å². The van der Waals surface area contributed by atoms with Gasteiger partial charge in [-0.05, 0) is 54.1 Å². The molecule has 1 atom stereocenters. The first-order valence-electron chi connectivity index (χ1n) is 8.26. The average molecular weight is 386 g/mol. The van der Waals surface area contributed by atoms with E-state index in [4.69, 9.17) is 10.2 Å². The number of rotatable bonds is 3. The molecule has 0 saturated carbocycles. The number of fused-ring (bicyclic) bond motifs is 1. The Balaban J connectivity index is 1.89. The molecular formula is C20H13F3N2O3. The van der Waals surface area contributed by atoms with Crippen molar-refractivity contribution >= 4 is 23.2 Å². The maximum Gasteiger partial charge on any atom is 0.416 e. The van der Waals surface area contributed by atoms with Crippen LogP contribution in [0.25, 0.3) is 0 Å². The molecule has 142 valence electrons. The number of alkyl halides is 3. The lowest BCUT2D eigenvalue weighted by Crippen LogP contribution is -2.24. The van der Waals surface area contributed by atoms with Crippen LogP contribution in [0.4, 0.5) is 24.5 Å². The third kappa shape index (κ3) is 2.83. The van der Waals surface area contributed by atoms with Crippen LogP contribution in [0.5, 0.6) is 0 Å². The SMILES string of the molecule is NC(=O)c1ccc2c(c1)C(c1ccco1)C(=O)N2c1cccc(C(F)(F)F)c1. The zero-order valence-corrected chi connectivity index (χ0v) is 14.2. The van der Waals surface area contributed by atoms with Crippen molar-refractivity contribution in [2.24, 2.45) is 5.73 Å². The second kappa shape index (κ2) is 6.26. The van der Waals surface area contributed by atoms with Crippen molar-refractivity contribution in [3.8, 4) is 0 Å². The Morgan fingerprint density at radius 3 is 2.50 bits per heavy atom. The highest BCUT2D eigenvalue weighted by atomic mass is 19.4. The van der Waals surface area contributed by atoms with Crippen LogP contribution in [0.2, 0.25) is 0 Å². The third-order valence-electron chi connectivity index (χ3n) is 4.59. The summed E-state index contributed by atoms with van der Waals surface area (Å²) in [6, 6.07) is 12.1. The summed E-state index contributed by atoms with van der Waals surface area (Å²) in [6.07, 6.45) is -3.15. The number of nitrogens with two attached hydrogens (primary N) is 1. The van der Waals surface area contributed by atoms with E-state index in [0.717, 1.165) is 12.1 Å². The van der Waals surface area contributed by atoms with Gasteiger partial charge in [0.05, 0.1) is 17.5 Å². The minimum absolute atomic E-state index is 0.0713. The van der Waals surface area contributed by atoms with Crippen LogP contribution in [0.1, 0.15) is 33.2 Å². The van der Waals surface area contributed by atoms with E-state index in [0.29, 0.717) is 17.0 Å². The number of benzene rings is 2. The molecular weight excluding hydrogens is 373 g/mol. The number of hydrogen-bond donors (Lipinski definition) is 1. The molecule has 0 aliphatic carbocycles. The fourth-order valence-electron chi connectivity index (χ4n) is 3.34. The van der Waals surface area contributed by atoms with E-state index in [1.165, 1.54) is 41.5 Å². The monoisotopic (exact) mass is 386 g/mol. The highest BCUT2D eigenvalue weighted by molar-refractivity contribution is 6.12. The Bertz CT molecular complexity index is 1070. The van der Waals surface area contributed by atoms with E-state index in [-0.39, 0.29) is 11.3 Å². The van der Waals surface area contributed by atoms with E-state index in [1.807, 2.05) is 0 Å². The molecule has 5 nitrogen and oxygen atoms in total. The number of carbonyl (C=O) groups excluding carboxylic acids is 2. The van der Waals surface area contributed by atoms with Gasteiger partial charge in [0.15, 0.2) is 0 Å². The van der Waals surface area contributed by atoms with Crippen LogP contribution < -0.4 is 10.6 Å². The van der Waals surface area contributed by atoms with Crippen LogP contribution in [0.3, 0.4) is 0 Å². The number of amides is 2. The van der Waals surface area contributed by atoms with Crippen molar-refractivity contribution in [2.75, 3.05) is 4.90 Å². The van der Waals surface area contributed by atoms with Crippen LogP contribution >= 0.6 is 0 Å². The Labute approximate surface area is 157 Å². The summed E-state index contributed by atoms with van der Waals surface area (Å²) in [4.78, 5) is 25.9. The molecule has 2 aromatic carbocycles. The second-order valence-corrected chi connectivity index (χ2v) is 6.31. The molecule has 1 aliphatic rings. The molecule has 0 radical (unpaired) electrons. The van der Waals surface area contributed by atoms with Crippen molar-refractivity contribution < 1.29 is 27.2 Å². The molecule has 1 unspecified atom stereocenters. The van der Waals surface area contributed by atoms with Gasteiger partial charge in [-0.3, -0.25) is 14.5 Å². The summed E-state index contributed by atoms with van der Waals surface area (Å²) in [7, 11) is 0. The highest BCUT2D eigenvalue weighted by Crippen LogP contribution is 2.46. The lowest BCUT2D eigenvalue weighted by atomic mass is 9.96. The number of hydrogen-bond acceptors (Lipinski definition) is 3. The molecule has 0 fully saturated rings. The van der Waals surface area contributed by atoms with Crippen molar-refractivity contribution in [3.05, 3.63) is 83.3 Å². The summed E-state index contributed by atoms with van der Waals surface area (Å²) >= 11 is 0. The van der Waals surface area contributed by atoms with Gasteiger partial charge in [0.1, 0.15) is 11.7 Å². The quantitative estimate of drug-likeness (QED) is 0.733. The van der Waals surface area contributed by atoms with E-state index in [9.17, 15) is 22.8 Å². The summed E-state index contributed by atoms with van der Waals surface area (Å²) in [6.45, 7) is 0. The normalized spacial score (nSPS) is 16.3. The van der Waals surface area contributed by atoms with E-state index in [2.05, 4.69) is 0 Å². The van der Waals surface area contributed by atoms with Crippen LogP contribution in [-0.4, -0.2) is 11.8 Å². The minimum Gasteiger partial charge on any atom is -0.468 e. The largest absolute Gasteiger partial charge is 0.468 e. The summed E-state index contributed by atoms with van der Waals surface area (Å²) in [5.74, 6) is -1.72. The number of primary amides is 1. The van der Waals surface area contributed by atoms with Gasteiger partial charge in [0, 0.05) is 11.3 Å². The van der Waals surface area contributed by atoms with Crippen LogP contribution in [0.15, 0.2) is 65.3 Å². The van der Waals surface area contributed by atoms with Gasteiger partial charge < -0.3 is 10.2 Å². The lowest BCUT2D eigenvalue weighted by molar-refractivity contribution is -0.137. The maximum atomic E-state index is 13.2. The molecule has 2 heterocycles. The number of nitrogens with zero attached hydrogens (tertiary/aromatic N) is 1. The Morgan fingerprint density at radius 1 is 1.07 bits per heavy atom. The zero-order chi connectivity index (χ0) is 20.1. The topological polar surface area (TPSA) is 76.5 Å². The summed E-state index contributed by atoms with van der Waals surface area (Å²) < 4.78 is 44.7. The number of halogens is 3. The molecule has 2 amide bonds. The Hall–Kier alpha value is -3.55. The van der Waals surface area contributed by atoms with Gasteiger partial charge in [0.25, 0.3) is 0 Å². The van der Waals surface area contributed by atoms with Gasteiger partial charge >= 0.3 is 6.18 Å². The predicted molar refractivity (Wildman–Crippen MR) is 94.1 cm³/mol. The van der Waals surface area contributed by atoms with Crippen molar-refractivity contribution in [3.63, 3.8) is 0 Å². The van der Waals surface area contributed by atoms with Crippen LogP contribution in [-0.2, 0) is 11.0 Å². The molecule has 1 aromatic heterocycles. The first-order chi connectivity index (χ1) is 13.3. The molecule has 0 bridgehead atoms. The lowest BCUT2D eigenvalue weighted by Gasteiger charge is -2.19. The second-order valence-electron chi connectivity index (χ2n) is 6.31. The summed E-state index contributed by atoms with van der Waals surface area (Å²) in [5.41, 5.74) is 5.54. The minimum atomic E-state index is -4.54. The predicted octanol–water partition coefficient (Wildman–Crippen LogP) is 4.21. The van der Waals surface area contributed by atoms with Gasteiger partial charge in [0.2, 0.25) is 11.8 Å². The van der Waals surface area contributed by atoms with Crippen molar-refractivity contribution in [1.29, 1.82) is 0 Å². The molecule has 1 aliphatic heterocycles. The number of furan rings is 1. The Kier molecular flexibility index (Phi) is 3.99. The standard InChI is InChI=1S/C20H13F3N2O3/c21-20(22,23)12-3-1-4-13(10-12)25-15-7-6-11(18(24)26)9-14(15)17(19(25)27)16-5-2-8-28-16/h1-10,17H,(H2,24,26). The summed E-state index contributed by atoms with van der Waals surface area (Å²) in [5, 5.41) is 0. The molecule has 28 heavy (non-hydrogen) atoms. The molecule has 2 N–H and O–H groups in total. The first kappa shape index (κ1) is 17.8. The highest BCUT2D eigenvalue weighted by Gasteiger charge is 2.42. The average Bonchev–Trinajstić information content (AvgIpc) is 3.25. The smallest absolute Gasteiger partial charge is 0.416 e. The van der Waals surface area contributed by atoms with Gasteiger partial charge in [-0.1, -0.05) is 6.07 Å². The van der Waals surface area contributed by atoms with Gasteiger partial charge in [-0.2, -0.15) is 13.2 Å². The van der Waals surface area contributed by atoms with Crippen LogP contribution in [0, 0.1) is 0 Å². The molecule has 0 spiro atoms. The third-order valence-corrected chi connectivity index (χ3v) is 4.59. The van der Waals surface area contributed by atoms with Crippen molar-refractivity contribution in [2.45, 2.75) is 12.1 Å². The first-order valence-corrected chi connectivity index (χ1v) is 8.26. The fraction of sp³-hybridized carbons (Fsp3) is 0.100. The molecule has 3 aromatic rings. The van der Waals surface area contributed by atoms with E-state index in [1.54, 1.807) is 12.1 Å². The maximum absolute atomic E-state index is 13.2. The van der Waals surface area contributed by atoms with Crippen molar-refractivity contribution in [1.82, 2.24) is 0 Å². The zero-order valence-electron chi connectivity index (χ0n) is 14.2. The number of carbonyl (C=O) groups is 2. The Morgan fingerprint density at radius 2 is 1.86 bits per heavy atom. The molecule has 4 rings (SSSR count). The molecule has 8 heteroatoms. The van der Waals surface area contributed by atoms with E-state index < -0.39 is 29.5 Å². The van der Waals surface area contributed by atoms with E-state index >= 15 is 0 Å². The molecule has 0 saturated heterocycles.